The van der Waals surface area contributed by atoms with Crippen LogP contribution in [0.25, 0.3) is 0 Å². The van der Waals surface area contributed by atoms with Crippen LogP contribution in [0, 0.1) is 5.92 Å². The van der Waals surface area contributed by atoms with Gasteiger partial charge in [-0.2, -0.15) is 0 Å². The van der Waals surface area contributed by atoms with Crippen LogP contribution in [0.2, 0.25) is 0 Å². The van der Waals surface area contributed by atoms with Gasteiger partial charge in [-0.25, -0.2) is 12.7 Å². The molecule has 4 rings (SSSR count). The fourth-order valence-electron chi connectivity index (χ4n) is 4.06. The molecule has 0 saturated carbocycles. The lowest BCUT2D eigenvalue weighted by atomic mass is 9.98. The van der Waals surface area contributed by atoms with Gasteiger partial charge in [0, 0.05) is 37.2 Å². The summed E-state index contributed by atoms with van der Waals surface area (Å²) in [7, 11) is -3.22. The number of piperidine rings is 1. The average molecular weight is 487 g/mol. The zero-order chi connectivity index (χ0) is 23.8. The smallest absolute Gasteiger partial charge is 0.348 e. The van der Waals surface area contributed by atoms with Gasteiger partial charge in [-0.1, -0.05) is 0 Å². The number of halogens is 3. The first-order valence-corrected chi connectivity index (χ1v) is 12.3. The van der Waals surface area contributed by atoms with Gasteiger partial charge in [0.15, 0.2) is 6.29 Å². The van der Waals surface area contributed by atoms with Crippen molar-refractivity contribution in [2.45, 2.75) is 31.9 Å². The molecule has 33 heavy (non-hydrogen) atoms. The van der Waals surface area contributed by atoms with Crippen molar-refractivity contribution >= 4 is 33.1 Å². The lowest BCUT2D eigenvalue weighted by molar-refractivity contribution is -0.238. The molecule has 0 spiro atoms. The molecule has 9 nitrogen and oxygen atoms in total. The van der Waals surface area contributed by atoms with Crippen LogP contribution in [0.15, 0.2) is 35.5 Å². The van der Waals surface area contributed by atoms with E-state index in [9.17, 15) is 26.4 Å². The van der Waals surface area contributed by atoms with Gasteiger partial charge in [0.1, 0.15) is 5.84 Å². The second kappa shape index (κ2) is 8.86. The normalized spacial score (nSPS) is 23.4. The van der Waals surface area contributed by atoms with Crippen LogP contribution < -0.4 is 16.0 Å². The maximum Gasteiger partial charge on any atom is 0.487 e. The lowest BCUT2D eigenvalue weighted by Gasteiger charge is -2.37. The molecule has 3 heterocycles. The van der Waals surface area contributed by atoms with Gasteiger partial charge < -0.3 is 16.0 Å². The second-order valence-corrected chi connectivity index (χ2v) is 10.3. The molecule has 180 valence electrons. The Hall–Kier alpha value is -2.80. The number of nitrogens with zero attached hydrogens (tertiary/aromatic N) is 3. The summed E-state index contributed by atoms with van der Waals surface area (Å²) in [6.07, 6.45) is -1.11. The molecule has 1 unspecified atom stereocenters. The van der Waals surface area contributed by atoms with E-state index in [1.54, 1.807) is 18.2 Å². The van der Waals surface area contributed by atoms with E-state index in [2.05, 4.69) is 20.9 Å². The first-order chi connectivity index (χ1) is 15.5. The standard InChI is InChI=1S/C20H25F3N6O3S/c1-33(31,32)28-7-4-13(5-8-28)12-24-17-6-9-29(20(21,22)23)19(27-17)25-15-2-3-16-14(10-15)11-18(30)26-16/h2-3,6,9-10,13,19,25H,4-5,7-8,11-12H2,1H3,(H,24,27)(H,26,30). The van der Waals surface area contributed by atoms with Crippen LogP contribution in [-0.2, 0) is 21.2 Å². The first-order valence-electron chi connectivity index (χ1n) is 10.5. The molecule has 1 amide bonds. The van der Waals surface area contributed by atoms with Gasteiger partial charge >= 0.3 is 6.30 Å². The Kier molecular flexibility index (Phi) is 6.27. The number of carbonyl (C=O) groups is 1. The number of amidine groups is 1. The van der Waals surface area contributed by atoms with Gasteiger partial charge in [-0.3, -0.25) is 14.7 Å². The summed E-state index contributed by atoms with van der Waals surface area (Å²) in [4.78, 5) is 16.2. The van der Waals surface area contributed by atoms with Crippen molar-refractivity contribution in [3.63, 3.8) is 0 Å². The highest BCUT2D eigenvalue weighted by Gasteiger charge is 2.42. The number of nitrogens with one attached hydrogen (secondary N) is 3. The van der Waals surface area contributed by atoms with E-state index < -0.39 is 22.6 Å². The topological polar surface area (TPSA) is 106 Å². The van der Waals surface area contributed by atoms with E-state index in [1.807, 2.05) is 0 Å². The SMILES string of the molecule is CS(=O)(=O)N1CCC(CN=C2C=CN(C(F)(F)F)C(Nc3ccc4c(c3)CC(=O)N4)N2)CC1. The number of aliphatic imine (C=N–C) groups is 1. The number of alkyl halides is 3. The summed E-state index contributed by atoms with van der Waals surface area (Å²) < 4.78 is 65.3. The number of carbonyl (C=O) groups excluding carboxylic acids is 1. The minimum atomic E-state index is -4.63. The highest BCUT2D eigenvalue weighted by molar-refractivity contribution is 7.88. The number of sulfonamides is 1. The minimum absolute atomic E-state index is 0.152. The number of anilines is 2. The van der Waals surface area contributed by atoms with Gasteiger partial charge in [0.05, 0.1) is 12.7 Å². The zero-order valence-corrected chi connectivity index (χ0v) is 18.7. The van der Waals surface area contributed by atoms with Crippen molar-refractivity contribution in [3.05, 3.63) is 36.0 Å². The van der Waals surface area contributed by atoms with Crippen molar-refractivity contribution < 1.29 is 26.4 Å². The highest BCUT2D eigenvalue weighted by Crippen LogP contribution is 2.29. The highest BCUT2D eigenvalue weighted by atomic mass is 32.2. The molecule has 3 aliphatic rings. The number of fused-ring (bicyclic) bond motifs is 1. The van der Waals surface area contributed by atoms with E-state index in [1.165, 1.54) is 16.6 Å². The molecular weight excluding hydrogens is 461 g/mol. The number of amides is 1. The summed E-state index contributed by atoms with van der Waals surface area (Å²) >= 11 is 0. The molecule has 0 aliphatic carbocycles. The molecule has 0 bridgehead atoms. The monoisotopic (exact) mass is 486 g/mol. The summed E-state index contributed by atoms with van der Waals surface area (Å²) in [5.74, 6) is 0.297. The second-order valence-electron chi connectivity index (χ2n) is 8.31. The average Bonchev–Trinajstić information content (AvgIpc) is 3.10. The number of hydrogen-bond acceptors (Lipinski definition) is 6. The van der Waals surface area contributed by atoms with E-state index in [-0.39, 0.29) is 23.1 Å². The van der Waals surface area contributed by atoms with E-state index in [4.69, 9.17) is 0 Å². The fourth-order valence-corrected chi connectivity index (χ4v) is 4.93. The first kappa shape index (κ1) is 23.4. The number of rotatable bonds is 5. The Morgan fingerprint density at radius 1 is 1.24 bits per heavy atom. The molecule has 1 atom stereocenters. The predicted molar refractivity (Wildman–Crippen MR) is 118 cm³/mol. The summed E-state index contributed by atoms with van der Waals surface area (Å²) in [6, 6.07) is 4.90. The summed E-state index contributed by atoms with van der Waals surface area (Å²) in [5.41, 5.74) is 1.79. The third-order valence-electron chi connectivity index (χ3n) is 5.84. The predicted octanol–water partition coefficient (Wildman–Crippen LogP) is 1.89. The molecule has 3 N–H and O–H groups in total. The molecule has 13 heteroatoms. The Bertz CT molecular complexity index is 1080. The summed E-state index contributed by atoms with van der Waals surface area (Å²) in [6.45, 7) is 1.22. The quantitative estimate of drug-likeness (QED) is 0.549. The Morgan fingerprint density at radius 3 is 2.64 bits per heavy atom. The Morgan fingerprint density at radius 2 is 1.97 bits per heavy atom. The van der Waals surface area contributed by atoms with Crippen molar-refractivity contribution in [3.8, 4) is 0 Å². The van der Waals surface area contributed by atoms with Gasteiger partial charge in [0.25, 0.3) is 0 Å². The number of hydrogen-bond donors (Lipinski definition) is 3. The third kappa shape index (κ3) is 5.58. The largest absolute Gasteiger partial charge is 0.487 e. The molecular formula is C20H25F3N6O3S. The maximum atomic E-state index is 13.5. The minimum Gasteiger partial charge on any atom is -0.348 e. The van der Waals surface area contributed by atoms with Gasteiger partial charge in [0.2, 0.25) is 15.9 Å². The van der Waals surface area contributed by atoms with Crippen molar-refractivity contribution in [1.29, 1.82) is 0 Å². The van der Waals surface area contributed by atoms with E-state index >= 15 is 0 Å². The lowest BCUT2D eigenvalue weighted by Crippen LogP contribution is -2.57. The van der Waals surface area contributed by atoms with E-state index in [0.29, 0.717) is 55.2 Å². The van der Waals surface area contributed by atoms with Crippen molar-refractivity contribution in [1.82, 2.24) is 14.5 Å². The maximum absolute atomic E-state index is 13.5. The molecule has 0 radical (unpaired) electrons. The van der Waals surface area contributed by atoms with Crippen LogP contribution in [0.5, 0.6) is 0 Å². The van der Waals surface area contributed by atoms with Crippen LogP contribution in [0.3, 0.4) is 0 Å². The van der Waals surface area contributed by atoms with Crippen molar-refractivity contribution in [2.24, 2.45) is 10.9 Å². The Labute approximate surface area is 189 Å². The third-order valence-corrected chi connectivity index (χ3v) is 7.15. The van der Waals surface area contributed by atoms with Gasteiger partial charge in [-0.15, -0.1) is 13.2 Å². The summed E-state index contributed by atoms with van der Waals surface area (Å²) in [5, 5.41) is 8.29. The van der Waals surface area contributed by atoms with Crippen LogP contribution in [-0.4, -0.2) is 67.8 Å². The van der Waals surface area contributed by atoms with Crippen LogP contribution in [0.1, 0.15) is 18.4 Å². The Balaban J connectivity index is 1.43. The number of benzene rings is 1. The van der Waals surface area contributed by atoms with Gasteiger partial charge in [-0.05, 0) is 48.6 Å². The van der Waals surface area contributed by atoms with E-state index in [0.717, 1.165) is 6.20 Å². The fraction of sp³-hybridized carbons (Fsp3) is 0.500. The molecule has 1 aromatic carbocycles. The van der Waals surface area contributed by atoms with Crippen LogP contribution in [0.4, 0.5) is 24.5 Å². The molecule has 3 aliphatic heterocycles. The molecule has 1 aromatic rings. The molecule has 1 saturated heterocycles. The van der Waals surface area contributed by atoms with Crippen LogP contribution >= 0.6 is 0 Å². The molecule has 0 aromatic heterocycles. The zero-order valence-electron chi connectivity index (χ0n) is 17.9. The van der Waals surface area contributed by atoms with Crippen molar-refractivity contribution in [2.75, 3.05) is 36.5 Å². The molecule has 1 fully saturated rings.